The highest BCUT2D eigenvalue weighted by Crippen LogP contribution is 2.32. The molecule has 134 valence electrons. The molecule has 5 nitrogen and oxygen atoms in total. The van der Waals surface area contributed by atoms with Crippen molar-refractivity contribution >= 4 is 46.2 Å². The molecule has 7 heteroatoms. The minimum absolute atomic E-state index is 0.0659. The van der Waals surface area contributed by atoms with E-state index < -0.39 is 0 Å². The van der Waals surface area contributed by atoms with E-state index in [1.807, 2.05) is 19.9 Å². The third kappa shape index (κ3) is 4.20. The first-order chi connectivity index (χ1) is 12.5. The van der Waals surface area contributed by atoms with Crippen molar-refractivity contribution in [3.05, 3.63) is 57.5 Å². The molecular formula is C19H17ClN2O3S. The Morgan fingerprint density at radius 3 is 2.88 bits per heavy atom. The lowest BCUT2D eigenvalue weighted by atomic mass is 10.2. The van der Waals surface area contributed by atoms with Crippen molar-refractivity contribution in [1.82, 2.24) is 5.32 Å². The van der Waals surface area contributed by atoms with Gasteiger partial charge >= 0.3 is 0 Å². The summed E-state index contributed by atoms with van der Waals surface area (Å²) in [6, 6.07) is 10.4. The Morgan fingerprint density at radius 2 is 2.12 bits per heavy atom. The number of carbonyl (C=O) groups excluding carboxylic acids is 1. The largest absolute Gasteiger partial charge is 0.504 e. The number of ether oxygens (including phenoxy) is 1. The molecule has 26 heavy (non-hydrogen) atoms. The molecule has 3 rings (SSSR count). The molecule has 2 aromatic rings. The first-order valence-electron chi connectivity index (χ1n) is 7.98. The van der Waals surface area contributed by atoms with Gasteiger partial charge in [-0.1, -0.05) is 23.7 Å². The van der Waals surface area contributed by atoms with E-state index in [2.05, 4.69) is 10.3 Å². The number of rotatable bonds is 4. The van der Waals surface area contributed by atoms with Gasteiger partial charge in [0.25, 0.3) is 5.91 Å². The summed E-state index contributed by atoms with van der Waals surface area (Å²) in [6.07, 6.45) is 1.73. The number of phenols is 1. The number of carbonyl (C=O) groups is 1. The van der Waals surface area contributed by atoms with Crippen LogP contribution in [0.2, 0.25) is 5.02 Å². The molecule has 0 unspecified atom stereocenters. The van der Waals surface area contributed by atoms with Gasteiger partial charge in [-0.05, 0) is 67.1 Å². The standard InChI is InChI=1S/C19H17ClN2O3S/c1-3-25-16-8-12(5-7-15(16)23)9-17-18(24)22-19(26-17)21-14-10-13(20)6-4-11(14)2/h4-10,23H,3H2,1-2H3,(H,21,22,24)/b17-9-. The zero-order valence-corrected chi connectivity index (χ0v) is 15.8. The number of nitrogens with one attached hydrogen (secondary N) is 1. The minimum Gasteiger partial charge on any atom is -0.504 e. The number of thioether (sulfide) groups is 1. The van der Waals surface area contributed by atoms with Crippen LogP contribution in [0.4, 0.5) is 5.69 Å². The Morgan fingerprint density at radius 1 is 1.31 bits per heavy atom. The molecule has 0 radical (unpaired) electrons. The van der Waals surface area contributed by atoms with E-state index in [-0.39, 0.29) is 11.7 Å². The second kappa shape index (κ2) is 7.85. The number of phenolic OH excluding ortho intramolecular Hbond substituents is 1. The summed E-state index contributed by atoms with van der Waals surface area (Å²) in [5.74, 6) is 0.226. The van der Waals surface area contributed by atoms with Crippen LogP contribution in [0.15, 0.2) is 46.3 Å². The van der Waals surface area contributed by atoms with E-state index in [1.54, 1.807) is 36.4 Å². The number of hydrogen-bond acceptors (Lipinski definition) is 5. The van der Waals surface area contributed by atoms with E-state index >= 15 is 0 Å². The van der Waals surface area contributed by atoms with E-state index in [0.29, 0.717) is 33.1 Å². The second-order valence-electron chi connectivity index (χ2n) is 5.57. The van der Waals surface area contributed by atoms with Crippen LogP contribution < -0.4 is 10.1 Å². The average Bonchev–Trinajstić information content (AvgIpc) is 2.93. The molecule has 2 aromatic carbocycles. The van der Waals surface area contributed by atoms with Crippen molar-refractivity contribution in [2.45, 2.75) is 13.8 Å². The molecule has 0 saturated carbocycles. The highest BCUT2D eigenvalue weighted by atomic mass is 35.5. The summed E-state index contributed by atoms with van der Waals surface area (Å²) >= 11 is 7.26. The number of nitrogens with zero attached hydrogens (tertiary/aromatic N) is 1. The lowest BCUT2D eigenvalue weighted by Crippen LogP contribution is -2.19. The number of aryl methyl sites for hydroxylation is 1. The smallest absolute Gasteiger partial charge is 0.264 e. The van der Waals surface area contributed by atoms with Gasteiger partial charge in [-0.2, -0.15) is 0 Å². The first-order valence-corrected chi connectivity index (χ1v) is 9.17. The average molecular weight is 389 g/mol. The van der Waals surface area contributed by atoms with Crippen molar-refractivity contribution in [2.24, 2.45) is 4.99 Å². The van der Waals surface area contributed by atoms with Gasteiger partial charge in [0.05, 0.1) is 17.2 Å². The van der Waals surface area contributed by atoms with Gasteiger partial charge in [0.1, 0.15) is 0 Å². The fourth-order valence-corrected chi connectivity index (χ4v) is 3.34. The van der Waals surface area contributed by atoms with Crippen LogP contribution in [0.3, 0.4) is 0 Å². The van der Waals surface area contributed by atoms with E-state index in [9.17, 15) is 9.90 Å². The summed E-state index contributed by atoms with van der Waals surface area (Å²) in [5, 5.41) is 13.6. The zero-order valence-electron chi connectivity index (χ0n) is 14.2. The van der Waals surface area contributed by atoms with Gasteiger partial charge in [0.2, 0.25) is 0 Å². The van der Waals surface area contributed by atoms with Crippen LogP contribution in [0, 0.1) is 6.92 Å². The first kappa shape index (κ1) is 18.4. The predicted molar refractivity (Wildman–Crippen MR) is 106 cm³/mol. The van der Waals surface area contributed by atoms with Crippen molar-refractivity contribution in [2.75, 3.05) is 6.61 Å². The third-order valence-corrected chi connectivity index (χ3v) is 4.77. The quantitative estimate of drug-likeness (QED) is 0.748. The van der Waals surface area contributed by atoms with Gasteiger partial charge in [0, 0.05) is 5.02 Å². The highest BCUT2D eigenvalue weighted by molar-refractivity contribution is 8.18. The van der Waals surface area contributed by atoms with Crippen LogP contribution in [0.5, 0.6) is 11.5 Å². The van der Waals surface area contributed by atoms with Crippen LogP contribution >= 0.6 is 23.4 Å². The lowest BCUT2D eigenvalue weighted by molar-refractivity contribution is -0.115. The predicted octanol–water partition coefficient (Wildman–Crippen LogP) is 4.64. The molecule has 0 atom stereocenters. The Hall–Kier alpha value is -2.44. The molecule has 1 aliphatic rings. The Bertz CT molecular complexity index is 925. The second-order valence-corrected chi connectivity index (χ2v) is 7.04. The van der Waals surface area contributed by atoms with Gasteiger partial charge in [-0.15, -0.1) is 0 Å². The Balaban J connectivity index is 1.86. The summed E-state index contributed by atoms with van der Waals surface area (Å²) < 4.78 is 5.37. The molecule has 1 fully saturated rings. The molecule has 0 spiro atoms. The SMILES string of the molecule is CCOc1cc(/C=C2\SC(=Nc3cc(Cl)ccc3C)NC2=O)ccc1O. The molecule has 1 amide bonds. The fourth-order valence-electron chi connectivity index (χ4n) is 2.34. The van der Waals surface area contributed by atoms with E-state index in [0.717, 1.165) is 11.1 Å². The minimum atomic E-state index is -0.223. The van der Waals surface area contributed by atoms with Crippen LogP contribution in [-0.2, 0) is 4.79 Å². The van der Waals surface area contributed by atoms with Gasteiger partial charge in [0.15, 0.2) is 16.7 Å². The van der Waals surface area contributed by atoms with Crippen LogP contribution in [0.25, 0.3) is 6.08 Å². The maximum absolute atomic E-state index is 12.2. The van der Waals surface area contributed by atoms with Gasteiger partial charge < -0.3 is 15.2 Å². The number of halogens is 1. The molecule has 0 aromatic heterocycles. The molecule has 1 aliphatic heterocycles. The van der Waals surface area contributed by atoms with E-state index in [1.165, 1.54) is 11.8 Å². The number of aromatic hydroxyl groups is 1. The Kier molecular flexibility index (Phi) is 5.54. The van der Waals surface area contributed by atoms with Crippen LogP contribution in [-0.4, -0.2) is 22.8 Å². The maximum atomic E-state index is 12.2. The van der Waals surface area contributed by atoms with E-state index in [4.69, 9.17) is 16.3 Å². The number of aliphatic imine (C=N–C) groups is 1. The Labute approximate surface area is 160 Å². The normalized spacial score (nSPS) is 17.0. The molecule has 1 heterocycles. The topological polar surface area (TPSA) is 70.9 Å². The lowest BCUT2D eigenvalue weighted by Gasteiger charge is -2.06. The van der Waals surface area contributed by atoms with Crippen molar-refractivity contribution in [3.8, 4) is 11.5 Å². The third-order valence-electron chi connectivity index (χ3n) is 3.63. The van der Waals surface area contributed by atoms with Crippen molar-refractivity contribution in [1.29, 1.82) is 0 Å². The summed E-state index contributed by atoms with van der Waals surface area (Å²) in [7, 11) is 0. The molecule has 2 N–H and O–H groups in total. The molecule has 1 saturated heterocycles. The maximum Gasteiger partial charge on any atom is 0.264 e. The summed E-state index contributed by atoms with van der Waals surface area (Å²) in [6.45, 7) is 4.21. The number of benzene rings is 2. The number of amides is 1. The molecule has 0 bridgehead atoms. The monoisotopic (exact) mass is 388 g/mol. The van der Waals surface area contributed by atoms with Crippen molar-refractivity contribution in [3.63, 3.8) is 0 Å². The molecule has 0 aliphatic carbocycles. The highest BCUT2D eigenvalue weighted by Gasteiger charge is 2.24. The van der Waals surface area contributed by atoms with Crippen molar-refractivity contribution < 1.29 is 14.6 Å². The number of amidine groups is 1. The van der Waals surface area contributed by atoms with Gasteiger partial charge in [-0.25, -0.2) is 4.99 Å². The summed E-state index contributed by atoms with van der Waals surface area (Å²) in [5.41, 5.74) is 2.43. The van der Waals surface area contributed by atoms with Crippen LogP contribution in [0.1, 0.15) is 18.1 Å². The molecular weight excluding hydrogens is 372 g/mol. The summed E-state index contributed by atoms with van der Waals surface area (Å²) in [4.78, 5) is 17.2. The zero-order chi connectivity index (χ0) is 18.7. The van der Waals surface area contributed by atoms with Gasteiger partial charge in [-0.3, -0.25) is 4.79 Å². The number of hydrogen-bond donors (Lipinski definition) is 2. The fraction of sp³-hybridized carbons (Fsp3) is 0.158.